The van der Waals surface area contributed by atoms with Crippen molar-refractivity contribution in [2.45, 2.75) is 26.3 Å². The van der Waals surface area contributed by atoms with E-state index in [1.807, 2.05) is 13.8 Å². The Balaban J connectivity index is 1.62. The Kier molecular flexibility index (Phi) is 5.12. The van der Waals surface area contributed by atoms with Crippen molar-refractivity contribution in [1.82, 2.24) is 20.1 Å². The molecule has 0 aliphatic carbocycles. The van der Waals surface area contributed by atoms with Crippen molar-refractivity contribution in [2.75, 3.05) is 6.54 Å². The Morgan fingerprint density at radius 2 is 2.03 bits per heavy atom. The standard InChI is InChI=1S/C22H21FN4O2/c1-14(2)27-21-18(13-25-27)17(12-19(26-21)20-4-3-11-29-20)22(28)24-10-9-15-5-7-16(23)8-6-15/h3-8,11-14H,9-10H2,1-2H3,(H,24,28). The number of rotatable bonds is 6. The summed E-state index contributed by atoms with van der Waals surface area (Å²) in [6, 6.07) is 11.7. The Morgan fingerprint density at radius 1 is 1.24 bits per heavy atom. The van der Waals surface area contributed by atoms with Gasteiger partial charge in [0, 0.05) is 12.6 Å². The molecule has 29 heavy (non-hydrogen) atoms. The Bertz CT molecular complexity index is 1130. The predicted octanol–water partition coefficient (Wildman–Crippen LogP) is 4.38. The van der Waals surface area contributed by atoms with Crippen molar-refractivity contribution < 1.29 is 13.6 Å². The lowest BCUT2D eigenvalue weighted by Gasteiger charge is -2.10. The van der Waals surface area contributed by atoms with Crippen LogP contribution in [0, 0.1) is 5.82 Å². The van der Waals surface area contributed by atoms with Gasteiger partial charge >= 0.3 is 0 Å². The average Bonchev–Trinajstić information content (AvgIpc) is 3.38. The van der Waals surface area contributed by atoms with Crippen molar-refractivity contribution >= 4 is 16.9 Å². The molecule has 0 aliphatic rings. The van der Waals surface area contributed by atoms with Crippen LogP contribution in [0.4, 0.5) is 4.39 Å². The second-order valence-electron chi connectivity index (χ2n) is 7.08. The van der Waals surface area contributed by atoms with E-state index in [1.165, 1.54) is 12.1 Å². The molecule has 0 unspecified atom stereocenters. The lowest BCUT2D eigenvalue weighted by molar-refractivity contribution is 0.0955. The molecule has 6 nitrogen and oxygen atoms in total. The molecule has 1 amide bonds. The van der Waals surface area contributed by atoms with Gasteiger partial charge in [-0.25, -0.2) is 14.1 Å². The first kappa shape index (κ1) is 18.9. The summed E-state index contributed by atoms with van der Waals surface area (Å²) in [6.45, 7) is 4.45. The topological polar surface area (TPSA) is 73.0 Å². The van der Waals surface area contributed by atoms with E-state index in [9.17, 15) is 9.18 Å². The van der Waals surface area contributed by atoms with E-state index < -0.39 is 0 Å². The van der Waals surface area contributed by atoms with Gasteiger partial charge < -0.3 is 9.73 Å². The molecule has 0 aliphatic heterocycles. The van der Waals surface area contributed by atoms with Crippen LogP contribution in [0.5, 0.6) is 0 Å². The van der Waals surface area contributed by atoms with Crippen LogP contribution in [0.2, 0.25) is 0 Å². The minimum absolute atomic E-state index is 0.0984. The zero-order valence-electron chi connectivity index (χ0n) is 16.2. The highest BCUT2D eigenvalue weighted by molar-refractivity contribution is 6.06. The number of amides is 1. The number of furan rings is 1. The van der Waals surface area contributed by atoms with Gasteiger partial charge in [-0.3, -0.25) is 4.79 Å². The molecular formula is C22H21FN4O2. The van der Waals surface area contributed by atoms with Gasteiger partial charge in [-0.2, -0.15) is 5.10 Å². The molecule has 4 rings (SSSR count). The summed E-state index contributed by atoms with van der Waals surface area (Å²) in [5, 5.41) is 8.03. The van der Waals surface area contributed by atoms with E-state index in [4.69, 9.17) is 4.42 Å². The minimum Gasteiger partial charge on any atom is -0.463 e. The highest BCUT2D eigenvalue weighted by Gasteiger charge is 2.19. The van der Waals surface area contributed by atoms with E-state index in [2.05, 4.69) is 15.4 Å². The largest absolute Gasteiger partial charge is 0.463 e. The first-order chi connectivity index (χ1) is 14.0. The number of aromatic nitrogens is 3. The van der Waals surface area contributed by atoms with Crippen molar-refractivity contribution in [3.05, 3.63) is 71.9 Å². The highest BCUT2D eigenvalue weighted by Crippen LogP contribution is 2.26. The molecule has 4 aromatic rings. The summed E-state index contributed by atoms with van der Waals surface area (Å²) >= 11 is 0. The number of halogens is 1. The molecule has 148 valence electrons. The van der Waals surface area contributed by atoms with Crippen LogP contribution in [0.15, 0.2) is 59.3 Å². The van der Waals surface area contributed by atoms with Gasteiger partial charge in [-0.15, -0.1) is 0 Å². The molecule has 0 bridgehead atoms. The van der Waals surface area contributed by atoms with Gasteiger partial charge in [-0.05, 0) is 56.2 Å². The Hall–Kier alpha value is -3.48. The zero-order chi connectivity index (χ0) is 20.4. The van der Waals surface area contributed by atoms with Gasteiger partial charge in [-0.1, -0.05) is 12.1 Å². The quantitative estimate of drug-likeness (QED) is 0.528. The normalized spacial score (nSPS) is 11.3. The molecule has 0 saturated carbocycles. The molecule has 0 spiro atoms. The van der Waals surface area contributed by atoms with Crippen LogP contribution in [0.3, 0.4) is 0 Å². The van der Waals surface area contributed by atoms with Gasteiger partial charge in [0.1, 0.15) is 11.5 Å². The fourth-order valence-electron chi connectivity index (χ4n) is 3.20. The smallest absolute Gasteiger partial charge is 0.252 e. The number of fused-ring (bicyclic) bond motifs is 1. The second-order valence-corrected chi connectivity index (χ2v) is 7.08. The molecule has 3 aromatic heterocycles. The van der Waals surface area contributed by atoms with Gasteiger partial charge in [0.15, 0.2) is 11.4 Å². The summed E-state index contributed by atoms with van der Waals surface area (Å²) in [5.74, 6) is 0.101. The van der Waals surface area contributed by atoms with E-state index in [0.717, 1.165) is 5.56 Å². The van der Waals surface area contributed by atoms with Crippen molar-refractivity contribution in [3.8, 4) is 11.5 Å². The molecule has 3 heterocycles. The molecule has 1 N–H and O–H groups in total. The van der Waals surface area contributed by atoms with Crippen molar-refractivity contribution in [3.63, 3.8) is 0 Å². The Labute approximate surface area is 167 Å². The molecule has 0 saturated heterocycles. The van der Waals surface area contributed by atoms with Crippen molar-refractivity contribution in [1.29, 1.82) is 0 Å². The monoisotopic (exact) mass is 392 g/mol. The minimum atomic E-state index is -0.274. The molecule has 0 radical (unpaired) electrons. The Morgan fingerprint density at radius 3 is 2.72 bits per heavy atom. The number of hydrogen-bond donors (Lipinski definition) is 1. The van der Waals surface area contributed by atoms with Crippen LogP contribution in [0.25, 0.3) is 22.5 Å². The molecular weight excluding hydrogens is 371 g/mol. The maximum absolute atomic E-state index is 13.0. The number of benzene rings is 1. The lowest BCUT2D eigenvalue weighted by Crippen LogP contribution is -2.26. The third-order valence-electron chi connectivity index (χ3n) is 4.69. The first-order valence-electron chi connectivity index (χ1n) is 9.47. The van der Waals surface area contributed by atoms with Crippen LogP contribution in [-0.4, -0.2) is 27.2 Å². The number of pyridine rings is 1. The number of carbonyl (C=O) groups excluding carboxylic acids is 1. The number of nitrogens with one attached hydrogen (secondary N) is 1. The number of nitrogens with zero attached hydrogens (tertiary/aromatic N) is 3. The van der Waals surface area contributed by atoms with E-state index in [-0.39, 0.29) is 17.8 Å². The SMILES string of the molecule is CC(C)n1ncc2c(C(=O)NCCc3ccc(F)cc3)cc(-c3ccco3)nc21. The van der Waals surface area contributed by atoms with Gasteiger partial charge in [0.25, 0.3) is 5.91 Å². The maximum atomic E-state index is 13.0. The summed E-state index contributed by atoms with van der Waals surface area (Å²) in [5.41, 5.74) is 2.66. The summed E-state index contributed by atoms with van der Waals surface area (Å²) in [4.78, 5) is 17.6. The summed E-state index contributed by atoms with van der Waals surface area (Å²) in [6.07, 6.45) is 3.85. The first-order valence-corrected chi connectivity index (χ1v) is 9.47. The molecule has 0 atom stereocenters. The van der Waals surface area contributed by atoms with Crippen LogP contribution >= 0.6 is 0 Å². The van der Waals surface area contributed by atoms with E-state index >= 15 is 0 Å². The van der Waals surface area contributed by atoms with Crippen molar-refractivity contribution in [2.24, 2.45) is 0 Å². The third-order valence-corrected chi connectivity index (χ3v) is 4.69. The van der Waals surface area contributed by atoms with Crippen LogP contribution in [-0.2, 0) is 6.42 Å². The zero-order valence-corrected chi connectivity index (χ0v) is 16.2. The third kappa shape index (κ3) is 3.89. The number of hydrogen-bond acceptors (Lipinski definition) is 4. The molecule has 0 fully saturated rings. The predicted molar refractivity (Wildman–Crippen MR) is 108 cm³/mol. The van der Waals surface area contributed by atoms with Gasteiger partial charge in [0.05, 0.1) is 23.4 Å². The van der Waals surface area contributed by atoms with E-state index in [0.29, 0.717) is 41.0 Å². The fourth-order valence-corrected chi connectivity index (χ4v) is 3.20. The summed E-state index contributed by atoms with van der Waals surface area (Å²) < 4.78 is 20.3. The van der Waals surface area contributed by atoms with E-state index in [1.54, 1.807) is 47.5 Å². The highest BCUT2D eigenvalue weighted by atomic mass is 19.1. The maximum Gasteiger partial charge on any atom is 0.252 e. The fraction of sp³-hybridized carbons (Fsp3) is 0.227. The number of carbonyl (C=O) groups is 1. The molecule has 1 aromatic carbocycles. The second kappa shape index (κ2) is 7.87. The van der Waals surface area contributed by atoms with Gasteiger partial charge in [0.2, 0.25) is 0 Å². The van der Waals surface area contributed by atoms with Crippen LogP contribution in [0.1, 0.15) is 35.8 Å². The summed E-state index contributed by atoms with van der Waals surface area (Å²) in [7, 11) is 0. The average molecular weight is 392 g/mol. The molecule has 7 heteroatoms. The lowest BCUT2D eigenvalue weighted by atomic mass is 10.1. The van der Waals surface area contributed by atoms with Crippen LogP contribution < -0.4 is 5.32 Å².